The van der Waals surface area contributed by atoms with Gasteiger partial charge in [-0.05, 0) is 60.2 Å². The van der Waals surface area contributed by atoms with Gasteiger partial charge in [0.1, 0.15) is 0 Å². The average Bonchev–Trinajstić information content (AvgIpc) is 2.81. The first kappa shape index (κ1) is 20.7. The quantitative estimate of drug-likeness (QED) is 0.267. The van der Waals surface area contributed by atoms with Crippen LogP contribution in [-0.2, 0) is 0 Å². The molecule has 0 unspecified atom stereocenters. The van der Waals surface area contributed by atoms with E-state index < -0.39 is 11.9 Å². The van der Waals surface area contributed by atoms with Crippen LogP contribution >= 0.6 is 0 Å². The van der Waals surface area contributed by atoms with Gasteiger partial charge in [-0.3, -0.25) is 0 Å². The second-order valence-electron chi connectivity index (χ2n) is 7.02. The molecule has 4 rings (SSSR count). The van der Waals surface area contributed by atoms with E-state index in [1.54, 1.807) is 66.7 Å². The Morgan fingerprint density at radius 3 is 1.66 bits per heavy atom. The molecule has 4 aromatic rings. The largest absolute Gasteiger partial charge is 0.419 e. The molecule has 4 aromatic carbocycles. The van der Waals surface area contributed by atoms with E-state index in [4.69, 9.17) is 20.9 Å². The Morgan fingerprint density at radius 1 is 0.562 bits per heavy atom. The molecular weight excluding hydrogens is 404 g/mol. The first-order valence-corrected chi connectivity index (χ1v) is 9.85. The number of carbonyl (C=O) groups is 2. The van der Waals surface area contributed by atoms with Crippen LogP contribution in [0.3, 0.4) is 0 Å². The maximum Gasteiger partial charge on any atom is 0.343 e. The Kier molecular flexibility index (Phi) is 5.85. The molecule has 32 heavy (non-hydrogen) atoms. The lowest BCUT2D eigenvalue weighted by molar-refractivity contribution is 0.0683. The standard InChI is InChI=1S/C26H20N2O4/c27-20-13-9-18(10-14-20)25(29)31-23-8-4-7-22(17-5-2-1-3-6-17)24(23)32-26(30)19-11-15-21(28)16-12-19/h1-16H,27-28H2. The predicted octanol–water partition coefficient (Wildman–Crippen LogP) is 4.96. The monoisotopic (exact) mass is 424 g/mol. The first-order valence-electron chi connectivity index (χ1n) is 9.85. The summed E-state index contributed by atoms with van der Waals surface area (Å²) in [6.07, 6.45) is 0. The number of anilines is 2. The van der Waals surface area contributed by atoms with Crippen molar-refractivity contribution in [2.45, 2.75) is 0 Å². The number of ether oxygens (including phenoxy) is 2. The van der Waals surface area contributed by atoms with Crippen molar-refractivity contribution in [2.24, 2.45) is 0 Å². The van der Waals surface area contributed by atoms with Crippen molar-refractivity contribution in [1.82, 2.24) is 0 Å². The maximum atomic E-state index is 12.8. The van der Waals surface area contributed by atoms with Gasteiger partial charge in [0.05, 0.1) is 11.1 Å². The fraction of sp³-hybridized carbons (Fsp3) is 0. The topological polar surface area (TPSA) is 105 Å². The van der Waals surface area contributed by atoms with E-state index in [0.29, 0.717) is 28.1 Å². The lowest BCUT2D eigenvalue weighted by Gasteiger charge is -2.15. The zero-order chi connectivity index (χ0) is 22.5. The summed E-state index contributed by atoms with van der Waals surface area (Å²) in [6.45, 7) is 0. The van der Waals surface area contributed by atoms with Gasteiger partial charge in [-0.1, -0.05) is 42.5 Å². The lowest BCUT2D eigenvalue weighted by Crippen LogP contribution is -2.13. The molecule has 158 valence electrons. The molecule has 0 aliphatic rings. The minimum atomic E-state index is -0.599. The molecule has 0 bridgehead atoms. The zero-order valence-corrected chi connectivity index (χ0v) is 17.0. The van der Waals surface area contributed by atoms with Gasteiger partial charge in [0.2, 0.25) is 0 Å². The van der Waals surface area contributed by atoms with E-state index >= 15 is 0 Å². The van der Waals surface area contributed by atoms with Crippen LogP contribution in [0.1, 0.15) is 20.7 Å². The molecule has 0 spiro atoms. The van der Waals surface area contributed by atoms with Crippen molar-refractivity contribution in [3.8, 4) is 22.6 Å². The zero-order valence-electron chi connectivity index (χ0n) is 17.0. The third-order valence-corrected chi connectivity index (χ3v) is 4.75. The Morgan fingerprint density at radius 2 is 1.09 bits per heavy atom. The highest BCUT2D eigenvalue weighted by Crippen LogP contribution is 2.39. The molecule has 6 nitrogen and oxygen atoms in total. The highest BCUT2D eigenvalue weighted by molar-refractivity contribution is 5.95. The Hall–Kier alpha value is -4.58. The average molecular weight is 424 g/mol. The molecule has 0 saturated carbocycles. The minimum Gasteiger partial charge on any atom is -0.419 e. The normalized spacial score (nSPS) is 10.4. The van der Waals surface area contributed by atoms with Gasteiger partial charge in [-0.2, -0.15) is 0 Å². The van der Waals surface area contributed by atoms with Crippen LogP contribution in [0, 0.1) is 0 Å². The molecule has 0 aromatic heterocycles. The third-order valence-electron chi connectivity index (χ3n) is 4.75. The van der Waals surface area contributed by atoms with Crippen LogP contribution in [0.5, 0.6) is 11.5 Å². The van der Waals surface area contributed by atoms with Gasteiger partial charge < -0.3 is 20.9 Å². The van der Waals surface area contributed by atoms with E-state index in [-0.39, 0.29) is 11.5 Å². The molecule has 0 saturated heterocycles. The van der Waals surface area contributed by atoms with Gasteiger partial charge >= 0.3 is 11.9 Å². The summed E-state index contributed by atoms with van der Waals surface area (Å²) in [4.78, 5) is 25.5. The highest BCUT2D eigenvalue weighted by atomic mass is 16.6. The summed E-state index contributed by atoms with van der Waals surface area (Å²) in [5.74, 6) is -0.931. The van der Waals surface area contributed by atoms with Crippen LogP contribution in [0.15, 0.2) is 97.1 Å². The van der Waals surface area contributed by atoms with Gasteiger partial charge in [-0.25, -0.2) is 9.59 Å². The molecule has 0 fully saturated rings. The molecule has 0 heterocycles. The van der Waals surface area contributed by atoms with E-state index in [9.17, 15) is 9.59 Å². The van der Waals surface area contributed by atoms with Gasteiger partial charge in [-0.15, -0.1) is 0 Å². The Labute approximate surface area is 185 Å². The fourth-order valence-corrected chi connectivity index (χ4v) is 3.10. The molecule has 4 N–H and O–H groups in total. The summed E-state index contributed by atoms with van der Waals surface area (Å²) in [6, 6.07) is 27.2. The van der Waals surface area contributed by atoms with E-state index in [1.807, 2.05) is 30.3 Å². The summed E-state index contributed by atoms with van der Waals surface area (Å²) in [7, 11) is 0. The number of nitrogens with two attached hydrogens (primary N) is 2. The number of esters is 2. The van der Waals surface area contributed by atoms with Crippen molar-refractivity contribution in [2.75, 3.05) is 11.5 Å². The number of hydrogen-bond acceptors (Lipinski definition) is 6. The molecule has 0 amide bonds. The van der Waals surface area contributed by atoms with Crippen molar-refractivity contribution < 1.29 is 19.1 Å². The smallest absolute Gasteiger partial charge is 0.343 e. The summed E-state index contributed by atoms with van der Waals surface area (Å²) < 4.78 is 11.3. The minimum absolute atomic E-state index is 0.122. The van der Waals surface area contributed by atoms with Gasteiger partial charge in [0.15, 0.2) is 11.5 Å². The van der Waals surface area contributed by atoms with Crippen LogP contribution in [0.4, 0.5) is 11.4 Å². The molecule has 0 radical (unpaired) electrons. The van der Waals surface area contributed by atoms with Crippen molar-refractivity contribution in [3.63, 3.8) is 0 Å². The molecule has 6 heteroatoms. The van der Waals surface area contributed by atoms with E-state index in [1.165, 1.54) is 0 Å². The lowest BCUT2D eigenvalue weighted by atomic mass is 10.0. The second-order valence-corrected chi connectivity index (χ2v) is 7.02. The molecule has 0 atom stereocenters. The van der Waals surface area contributed by atoms with E-state index in [0.717, 1.165) is 5.56 Å². The molecular formula is C26H20N2O4. The van der Waals surface area contributed by atoms with Crippen molar-refractivity contribution >= 4 is 23.3 Å². The molecule has 0 aliphatic carbocycles. The third kappa shape index (κ3) is 4.60. The number of carbonyl (C=O) groups excluding carboxylic acids is 2. The van der Waals surface area contributed by atoms with Crippen molar-refractivity contribution in [1.29, 1.82) is 0 Å². The molecule has 0 aliphatic heterocycles. The van der Waals surface area contributed by atoms with E-state index in [2.05, 4.69) is 0 Å². The number of para-hydroxylation sites is 1. The Balaban J connectivity index is 1.72. The number of nitrogen functional groups attached to an aromatic ring is 2. The van der Waals surface area contributed by atoms with Crippen molar-refractivity contribution in [3.05, 3.63) is 108 Å². The van der Waals surface area contributed by atoms with Crippen LogP contribution in [0.2, 0.25) is 0 Å². The highest BCUT2D eigenvalue weighted by Gasteiger charge is 2.20. The fourth-order valence-electron chi connectivity index (χ4n) is 3.10. The second kappa shape index (κ2) is 9.06. The number of benzene rings is 4. The summed E-state index contributed by atoms with van der Waals surface area (Å²) in [5, 5.41) is 0. The first-order chi connectivity index (χ1) is 15.5. The van der Waals surface area contributed by atoms with Crippen LogP contribution in [-0.4, -0.2) is 11.9 Å². The van der Waals surface area contributed by atoms with Gasteiger partial charge in [0, 0.05) is 16.9 Å². The maximum absolute atomic E-state index is 12.8. The summed E-state index contributed by atoms with van der Waals surface area (Å²) >= 11 is 0. The van der Waals surface area contributed by atoms with Crippen LogP contribution < -0.4 is 20.9 Å². The SMILES string of the molecule is Nc1ccc(C(=O)Oc2cccc(-c3ccccc3)c2OC(=O)c2ccc(N)cc2)cc1. The Bertz CT molecular complexity index is 1250. The summed E-state index contributed by atoms with van der Waals surface area (Å²) in [5.41, 5.74) is 14.5. The van der Waals surface area contributed by atoms with Gasteiger partial charge in [0.25, 0.3) is 0 Å². The number of rotatable bonds is 5. The number of hydrogen-bond donors (Lipinski definition) is 2. The predicted molar refractivity (Wildman–Crippen MR) is 124 cm³/mol. The van der Waals surface area contributed by atoms with Crippen LogP contribution in [0.25, 0.3) is 11.1 Å².